The van der Waals surface area contributed by atoms with E-state index in [0.717, 1.165) is 40.7 Å². The molecule has 2 aromatic carbocycles. The summed E-state index contributed by atoms with van der Waals surface area (Å²) in [7, 11) is 0. The number of likely N-dealkylation sites (tertiary alicyclic amines) is 1. The van der Waals surface area contributed by atoms with E-state index in [1.807, 2.05) is 41.3 Å². The molecule has 0 spiro atoms. The second-order valence-electron chi connectivity index (χ2n) is 10.2. The Morgan fingerprint density at radius 3 is 2.65 bits per heavy atom. The number of aromatic amines is 1. The predicted molar refractivity (Wildman–Crippen MR) is 134 cm³/mol. The molecule has 0 saturated carbocycles. The third-order valence-electron chi connectivity index (χ3n) is 8.08. The van der Waals surface area contributed by atoms with Gasteiger partial charge in [0.15, 0.2) is 11.5 Å². The molecule has 0 unspecified atom stereocenters. The fourth-order valence-corrected chi connectivity index (χ4v) is 6.34. The monoisotopic (exact) mass is 500 g/mol. The number of amides is 3. The summed E-state index contributed by atoms with van der Waals surface area (Å²) in [6.07, 6.45) is 2.63. The number of carbonyl (C=O) groups excluding carboxylic acids is 3. The van der Waals surface area contributed by atoms with Gasteiger partial charge in [-0.15, -0.1) is 0 Å². The number of hydrogen-bond donors (Lipinski definition) is 1. The Balaban J connectivity index is 1.23. The zero-order valence-electron chi connectivity index (χ0n) is 20.4. The second kappa shape index (κ2) is 8.54. The van der Waals surface area contributed by atoms with Crippen LogP contribution in [0.3, 0.4) is 0 Å². The van der Waals surface area contributed by atoms with E-state index in [-0.39, 0.29) is 31.1 Å². The molecule has 1 N–H and O–H groups in total. The molecule has 2 fully saturated rings. The molecule has 37 heavy (non-hydrogen) atoms. The van der Waals surface area contributed by atoms with E-state index in [4.69, 9.17) is 9.47 Å². The minimum absolute atomic E-state index is 0.0333. The summed E-state index contributed by atoms with van der Waals surface area (Å²) in [6.45, 7) is 2.08. The zero-order chi connectivity index (χ0) is 25.1. The number of H-pyrrole nitrogens is 1. The maximum absolute atomic E-state index is 13.8. The van der Waals surface area contributed by atoms with E-state index in [1.54, 1.807) is 9.80 Å². The van der Waals surface area contributed by atoms with E-state index >= 15 is 0 Å². The van der Waals surface area contributed by atoms with Gasteiger partial charge in [-0.25, -0.2) is 0 Å². The third kappa shape index (κ3) is 3.55. The van der Waals surface area contributed by atoms with Crippen molar-refractivity contribution in [2.24, 2.45) is 0 Å². The van der Waals surface area contributed by atoms with Gasteiger partial charge in [-0.2, -0.15) is 0 Å². The summed E-state index contributed by atoms with van der Waals surface area (Å²) >= 11 is 0. The number of para-hydroxylation sites is 1. The lowest BCUT2D eigenvalue weighted by atomic mass is 9.86. The van der Waals surface area contributed by atoms with Crippen molar-refractivity contribution in [3.8, 4) is 11.5 Å². The van der Waals surface area contributed by atoms with E-state index in [1.165, 1.54) is 0 Å². The highest BCUT2D eigenvalue weighted by Crippen LogP contribution is 2.44. The quantitative estimate of drug-likeness (QED) is 0.581. The number of rotatable bonds is 5. The number of hydrogen-bond acceptors (Lipinski definition) is 5. The molecule has 3 aromatic rings. The van der Waals surface area contributed by atoms with Crippen molar-refractivity contribution >= 4 is 28.6 Å². The molecule has 190 valence electrons. The Morgan fingerprint density at radius 2 is 1.78 bits per heavy atom. The van der Waals surface area contributed by atoms with Crippen LogP contribution in [0.4, 0.5) is 0 Å². The standard InChI is InChI=1S/C28H28N4O5/c33-24-7-3-10-30(24)11-4-12-31-15-25(34)32-21(28(31)35)14-19-18-5-1-2-6-20(18)29-26(19)27(32)17-8-9-22-23(13-17)37-16-36-22/h1-2,5-6,8-9,13,21,27,29H,3-4,7,10-12,14-16H2/t21-,27-/m1/s1. The van der Waals surface area contributed by atoms with Crippen molar-refractivity contribution in [1.29, 1.82) is 0 Å². The van der Waals surface area contributed by atoms with Crippen LogP contribution >= 0.6 is 0 Å². The van der Waals surface area contributed by atoms with Gasteiger partial charge in [-0.3, -0.25) is 14.4 Å². The van der Waals surface area contributed by atoms with Crippen LogP contribution in [-0.4, -0.2) is 76.4 Å². The molecule has 9 nitrogen and oxygen atoms in total. The largest absolute Gasteiger partial charge is 0.454 e. The first-order chi connectivity index (χ1) is 18.1. The van der Waals surface area contributed by atoms with Gasteiger partial charge in [-0.05, 0) is 42.2 Å². The molecule has 4 aliphatic rings. The fourth-order valence-electron chi connectivity index (χ4n) is 6.34. The number of benzene rings is 2. The highest BCUT2D eigenvalue weighted by atomic mass is 16.7. The van der Waals surface area contributed by atoms with Crippen molar-refractivity contribution in [3.63, 3.8) is 0 Å². The molecule has 5 heterocycles. The number of carbonyl (C=O) groups is 3. The lowest BCUT2D eigenvalue weighted by molar-refractivity contribution is -0.158. The minimum atomic E-state index is -0.586. The van der Waals surface area contributed by atoms with Crippen molar-refractivity contribution < 1.29 is 23.9 Å². The van der Waals surface area contributed by atoms with Gasteiger partial charge in [0, 0.05) is 49.1 Å². The molecule has 7 rings (SSSR count). The lowest BCUT2D eigenvalue weighted by Gasteiger charge is -2.47. The Kier molecular flexibility index (Phi) is 5.12. The molecule has 0 radical (unpaired) electrons. The fraction of sp³-hybridized carbons (Fsp3) is 0.393. The average Bonchev–Trinajstić information content (AvgIpc) is 3.63. The molecule has 2 atom stereocenters. The maximum atomic E-state index is 13.8. The number of fused-ring (bicyclic) bond motifs is 5. The number of nitrogens with one attached hydrogen (secondary N) is 1. The van der Waals surface area contributed by atoms with Crippen LogP contribution in [-0.2, 0) is 20.8 Å². The normalized spacial score (nSPS) is 22.7. The summed E-state index contributed by atoms with van der Waals surface area (Å²) in [5.74, 6) is 1.39. The van der Waals surface area contributed by atoms with Gasteiger partial charge in [0.1, 0.15) is 6.04 Å². The van der Waals surface area contributed by atoms with Crippen LogP contribution < -0.4 is 9.47 Å². The smallest absolute Gasteiger partial charge is 0.246 e. The van der Waals surface area contributed by atoms with Crippen LogP contribution in [0.2, 0.25) is 0 Å². The number of piperazine rings is 1. The lowest BCUT2D eigenvalue weighted by Crippen LogP contribution is -2.63. The molecular weight excluding hydrogens is 472 g/mol. The van der Waals surface area contributed by atoms with Crippen molar-refractivity contribution in [3.05, 3.63) is 59.3 Å². The minimum Gasteiger partial charge on any atom is -0.454 e. The van der Waals surface area contributed by atoms with Crippen molar-refractivity contribution in [1.82, 2.24) is 19.7 Å². The zero-order valence-corrected chi connectivity index (χ0v) is 20.4. The van der Waals surface area contributed by atoms with E-state index in [9.17, 15) is 14.4 Å². The number of ether oxygens (including phenoxy) is 2. The van der Waals surface area contributed by atoms with Gasteiger partial charge >= 0.3 is 0 Å². The van der Waals surface area contributed by atoms with Crippen LogP contribution in [0.1, 0.15) is 42.1 Å². The molecule has 2 saturated heterocycles. The third-order valence-corrected chi connectivity index (χ3v) is 8.08. The highest BCUT2D eigenvalue weighted by Gasteiger charge is 2.48. The van der Waals surface area contributed by atoms with E-state index in [2.05, 4.69) is 11.1 Å². The molecule has 3 amide bonds. The topological polar surface area (TPSA) is 95.2 Å². The SMILES string of the molecule is O=C1CCCN1CCCN1CC(=O)N2[C@H](c3ccc4c(c3)OCO4)c3[nH]c4ccccc4c3C[C@@H]2C1=O. The summed E-state index contributed by atoms with van der Waals surface area (Å²) in [6, 6.07) is 12.8. The van der Waals surface area contributed by atoms with Crippen molar-refractivity contribution in [2.45, 2.75) is 37.8 Å². The van der Waals surface area contributed by atoms with Gasteiger partial charge in [-0.1, -0.05) is 24.3 Å². The Morgan fingerprint density at radius 1 is 0.946 bits per heavy atom. The van der Waals surface area contributed by atoms with E-state index < -0.39 is 12.1 Å². The first-order valence-corrected chi connectivity index (χ1v) is 13.0. The molecule has 4 aliphatic heterocycles. The van der Waals surface area contributed by atoms with E-state index in [0.29, 0.717) is 43.9 Å². The number of aromatic nitrogens is 1. The van der Waals surface area contributed by atoms with Crippen LogP contribution in [0.15, 0.2) is 42.5 Å². The Hall–Kier alpha value is -4.01. The molecule has 1 aromatic heterocycles. The summed E-state index contributed by atoms with van der Waals surface area (Å²) in [4.78, 5) is 48.3. The molecule has 0 bridgehead atoms. The summed E-state index contributed by atoms with van der Waals surface area (Å²) in [5, 5.41) is 1.08. The van der Waals surface area contributed by atoms with Gasteiger partial charge in [0.2, 0.25) is 24.5 Å². The van der Waals surface area contributed by atoms with Gasteiger partial charge in [0.05, 0.1) is 12.6 Å². The van der Waals surface area contributed by atoms with Crippen LogP contribution in [0, 0.1) is 0 Å². The average molecular weight is 501 g/mol. The second-order valence-corrected chi connectivity index (χ2v) is 10.2. The maximum Gasteiger partial charge on any atom is 0.246 e. The number of nitrogens with zero attached hydrogens (tertiary/aromatic N) is 3. The van der Waals surface area contributed by atoms with Gasteiger partial charge in [0.25, 0.3) is 0 Å². The first kappa shape index (κ1) is 22.2. The molecular formula is C28H28N4O5. The highest BCUT2D eigenvalue weighted by molar-refractivity contribution is 5.97. The van der Waals surface area contributed by atoms with Crippen LogP contribution in [0.25, 0.3) is 10.9 Å². The Bertz CT molecular complexity index is 1430. The first-order valence-electron chi connectivity index (χ1n) is 13.0. The van der Waals surface area contributed by atoms with Gasteiger partial charge < -0.3 is 29.2 Å². The molecule has 9 heteroatoms. The Labute approximate surface area is 213 Å². The van der Waals surface area contributed by atoms with Crippen LogP contribution in [0.5, 0.6) is 11.5 Å². The summed E-state index contributed by atoms with van der Waals surface area (Å²) in [5.41, 5.74) is 3.89. The van der Waals surface area contributed by atoms with Crippen molar-refractivity contribution in [2.75, 3.05) is 33.0 Å². The predicted octanol–water partition coefficient (Wildman–Crippen LogP) is 2.59. The molecule has 0 aliphatic carbocycles. The summed E-state index contributed by atoms with van der Waals surface area (Å²) < 4.78 is 11.1.